The molecule has 2 saturated heterocycles. The molecule has 0 aromatic carbocycles. The first-order chi connectivity index (χ1) is 11.6. The number of carbonyl (C=O) groups is 2. The number of hydrogen-bond acceptors (Lipinski definition) is 6. The van der Waals surface area contributed by atoms with E-state index in [-0.39, 0.29) is 29.5 Å². The van der Waals surface area contributed by atoms with Crippen molar-refractivity contribution in [2.45, 2.75) is 69.7 Å². The molecule has 0 spiro atoms. The van der Waals surface area contributed by atoms with E-state index in [0.29, 0.717) is 6.04 Å². The fraction of sp³-hybridized carbons (Fsp3) is 0.875. The normalized spacial score (nSPS) is 32.5. The lowest BCUT2D eigenvalue weighted by molar-refractivity contribution is -0.127. The molecule has 8 heteroatoms. The maximum atomic E-state index is 12.6. The SMILES string of the molecule is CC(=O)NC1NSC(N2CCCC(C(=O)NC3CCCCC3)C2)N1. The van der Waals surface area contributed by atoms with Crippen LogP contribution in [0.1, 0.15) is 51.9 Å². The Balaban J connectivity index is 1.47. The molecule has 1 aliphatic carbocycles. The van der Waals surface area contributed by atoms with Gasteiger partial charge in [0, 0.05) is 26.1 Å². The molecule has 0 bridgehead atoms. The van der Waals surface area contributed by atoms with Crippen molar-refractivity contribution in [3.8, 4) is 0 Å². The minimum absolute atomic E-state index is 0.0652. The average molecular weight is 356 g/mol. The molecule has 3 fully saturated rings. The molecular weight excluding hydrogens is 326 g/mol. The molecule has 0 aromatic heterocycles. The van der Waals surface area contributed by atoms with Gasteiger partial charge < -0.3 is 10.6 Å². The van der Waals surface area contributed by atoms with E-state index < -0.39 is 0 Å². The van der Waals surface area contributed by atoms with Crippen molar-refractivity contribution in [1.29, 1.82) is 0 Å². The van der Waals surface area contributed by atoms with Gasteiger partial charge in [-0.15, -0.1) is 0 Å². The summed E-state index contributed by atoms with van der Waals surface area (Å²) in [5.41, 5.74) is 0.0899. The lowest BCUT2D eigenvalue weighted by atomic mass is 9.93. The quantitative estimate of drug-likeness (QED) is 0.555. The van der Waals surface area contributed by atoms with E-state index >= 15 is 0 Å². The molecule has 4 N–H and O–H groups in total. The van der Waals surface area contributed by atoms with E-state index in [9.17, 15) is 9.59 Å². The van der Waals surface area contributed by atoms with Crippen LogP contribution < -0.4 is 20.7 Å². The summed E-state index contributed by atoms with van der Waals surface area (Å²) in [6.07, 6.45) is 7.82. The van der Waals surface area contributed by atoms with Crippen LogP contribution >= 0.6 is 11.9 Å². The van der Waals surface area contributed by atoms with Crippen molar-refractivity contribution in [3.05, 3.63) is 0 Å². The van der Waals surface area contributed by atoms with Gasteiger partial charge in [0.15, 0.2) is 0 Å². The summed E-state index contributed by atoms with van der Waals surface area (Å²) in [6.45, 7) is 3.26. The number of amides is 2. The number of carbonyl (C=O) groups excluding carboxylic acids is 2. The first-order valence-corrected chi connectivity index (χ1v) is 9.98. The second-order valence-corrected chi connectivity index (χ2v) is 7.98. The van der Waals surface area contributed by atoms with Crippen LogP contribution in [-0.4, -0.2) is 47.6 Å². The van der Waals surface area contributed by atoms with Crippen molar-refractivity contribution < 1.29 is 9.59 Å². The van der Waals surface area contributed by atoms with E-state index in [1.165, 1.54) is 26.2 Å². The molecule has 7 nitrogen and oxygen atoms in total. The van der Waals surface area contributed by atoms with Crippen LogP contribution in [0.5, 0.6) is 0 Å². The number of likely N-dealkylation sites (tertiary alicyclic amines) is 1. The highest BCUT2D eigenvalue weighted by Gasteiger charge is 2.35. The Kier molecular flexibility index (Phi) is 6.37. The standard InChI is InChI=1S/C16H29N5O2S/c1-11(22)17-15-19-16(24-20-15)21-9-5-6-12(10-21)14(23)18-13-7-3-2-4-8-13/h12-13,15-16,19-20H,2-10H2,1H3,(H,17,22)(H,18,23). The number of nitrogens with one attached hydrogen (secondary N) is 4. The van der Waals surface area contributed by atoms with Gasteiger partial charge in [0.05, 0.1) is 5.92 Å². The summed E-state index contributed by atoms with van der Waals surface area (Å²) in [5.74, 6) is 0.230. The predicted octanol–water partition coefficient (Wildman–Crippen LogP) is 0.692. The zero-order valence-corrected chi connectivity index (χ0v) is 15.2. The molecule has 2 heterocycles. The Labute approximate surface area is 148 Å². The Morgan fingerprint density at radius 3 is 2.62 bits per heavy atom. The highest BCUT2D eigenvalue weighted by atomic mass is 32.2. The minimum Gasteiger partial charge on any atom is -0.353 e. The van der Waals surface area contributed by atoms with Crippen LogP contribution in [0.3, 0.4) is 0 Å². The highest BCUT2D eigenvalue weighted by molar-refractivity contribution is 7.98. The van der Waals surface area contributed by atoms with E-state index in [1.807, 2.05) is 0 Å². The van der Waals surface area contributed by atoms with E-state index in [2.05, 4.69) is 25.6 Å². The minimum atomic E-state index is -0.214. The summed E-state index contributed by atoms with van der Waals surface area (Å²) in [5, 5.41) is 9.43. The summed E-state index contributed by atoms with van der Waals surface area (Å²) in [4.78, 5) is 26.0. The number of hydrogen-bond donors (Lipinski definition) is 4. The van der Waals surface area contributed by atoms with Crippen LogP contribution in [0.4, 0.5) is 0 Å². The molecule has 3 rings (SSSR count). The molecule has 3 unspecified atom stereocenters. The molecule has 3 aliphatic rings. The second-order valence-electron chi connectivity index (χ2n) is 7.07. The van der Waals surface area contributed by atoms with E-state index in [4.69, 9.17) is 0 Å². The zero-order chi connectivity index (χ0) is 16.9. The zero-order valence-electron chi connectivity index (χ0n) is 14.3. The molecule has 2 amide bonds. The third-order valence-electron chi connectivity index (χ3n) is 5.06. The van der Waals surface area contributed by atoms with Gasteiger partial charge in [-0.1, -0.05) is 19.3 Å². The van der Waals surface area contributed by atoms with Gasteiger partial charge in [0.25, 0.3) is 0 Å². The lowest BCUT2D eigenvalue weighted by Gasteiger charge is -2.36. The average Bonchev–Trinajstić information content (AvgIpc) is 3.03. The summed E-state index contributed by atoms with van der Waals surface area (Å²) >= 11 is 1.57. The van der Waals surface area contributed by atoms with Gasteiger partial charge in [-0.3, -0.25) is 19.8 Å². The number of nitrogens with zero attached hydrogens (tertiary/aromatic N) is 1. The van der Waals surface area contributed by atoms with Crippen molar-refractivity contribution in [3.63, 3.8) is 0 Å². The van der Waals surface area contributed by atoms with Crippen molar-refractivity contribution in [1.82, 2.24) is 25.6 Å². The Bertz CT molecular complexity index is 458. The first kappa shape index (κ1) is 18.0. The predicted molar refractivity (Wildman–Crippen MR) is 94.6 cm³/mol. The summed E-state index contributed by atoms with van der Waals surface area (Å²) in [6, 6.07) is 0.381. The van der Waals surface area contributed by atoms with E-state index in [1.54, 1.807) is 11.9 Å². The smallest absolute Gasteiger partial charge is 0.224 e. The van der Waals surface area contributed by atoms with Crippen LogP contribution in [0.2, 0.25) is 0 Å². The van der Waals surface area contributed by atoms with Gasteiger partial charge >= 0.3 is 0 Å². The van der Waals surface area contributed by atoms with Crippen molar-refractivity contribution in [2.24, 2.45) is 5.92 Å². The van der Waals surface area contributed by atoms with Crippen molar-refractivity contribution >= 4 is 23.8 Å². The third kappa shape index (κ3) is 4.84. The van der Waals surface area contributed by atoms with Crippen molar-refractivity contribution in [2.75, 3.05) is 13.1 Å². The van der Waals surface area contributed by atoms with Gasteiger partial charge in [-0.2, -0.15) is 0 Å². The van der Waals surface area contributed by atoms with Crippen LogP contribution in [-0.2, 0) is 9.59 Å². The highest BCUT2D eigenvalue weighted by Crippen LogP contribution is 2.25. The van der Waals surface area contributed by atoms with Gasteiger partial charge in [0.2, 0.25) is 11.8 Å². The maximum Gasteiger partial charge on any atom is 0.224 e. The van der Waals surface area contributed by atoms with Crippen LogP contribution in [0.25, 0.3) is 0 Å². The fourth-order valence-corrected chi connectivity index (χ4v) is 4.73. The molecule has 1 saturated carbocycles. The summed E-state index contributed by atoms with van der Waals surface area (Å²) in [7, 11) is 0. The second kappa shape index (κ2) is 8.51. The summed E-state index contributed by atoms with van der Waals surface area (Å²) < 4.78 is 3.18. The third-order valence-corrected chi connectivity index (χ3v) is 6.09. The molecule has 0 aromatic rings. The van der Waals surface area contributed by atoms with Gasteiger partial charge in [-0.25, -0.2) is 4.72 Å². The number of rotatable bonds is 4. The Hall–Kier alpha value is -0.830. The number of piperidine rings is 1. The van der Waals surface area contributed by atoms with E-state index in [0.717, 1.165) is 38.8 Å². The molecule has 136 valence electrons. The van der Waals surface area contributed by atoms with Gasteiger partial charge in [-0.05, 0) is 37.6 Å². The fourth-order valence-electron chi connectivity index (χ4n) is 3.80. The Morgan fingerprint density at radius 1 is 1.08 bits per heavy atom. The van der Waals surface area contributed by atoms with Crippen LogP contribution in [0, 0.1) is 5.92 Å². The molecule has 0 radical (unpaired) electrons. The molecule has 3 atom stereocenters. The molecule has 24 heavy (non-hydrogen) atoms. The van der Waals surface area contributed by atoms with Gasteiger partial charge in [0.1, 0.15) is 11.8 Å². The molecular formula is C16H29N5O2S. The Morgan fingerprint density at radius 2 is 1.88 bits per heavy atom. The lowest BCUT2D eigenvalue weighted by Crippen LogP contribution is -2.54. The first-order valence-electron chi connectivity index (χ1n) is 9.10. The monoisotopic (exact) mass is 355 g/mol. The molecule has 2 aliphatic heterocycles. The maximum absolute atomic E-state index is 12.6. The van der Waals surface area contributed by atoms with Crippen LogP contribution in [0.15, 0.2) is 0 Å². The topological polar surface area (TPSA) is 85.5 Å². The largest absolute Gasteiger partial charge is 0.353 e.